The van der Waals surface area contributed by atoms with Crippen molar-refractivity contribution in [3.05, 3.63) is 29.0 Å². The van der Waals surface area contributed by atoms with Crippen LogP contribution in [0.1, 0.15) is 20.8 Å². The first kappa shape index (κ1) is 12.0. The Morgan fingerprint density at radius 1 is 1.33 bits per heavy atom. The first-order chi connectivity index (χ1) is 6.79. The van der Waals surface area contributed by atoms with Gasteiger partial charge in [0, 0.05) is 10.4 Å². The second-order valence-electron chi connectivity index (χ2n) is 4.37. The molecule has 0 radical (unpaired) electrons. The molecule has 1 aromatic carbocycles. The molecule has 0 heterocycles. The SMILES string of the molecule is CC(C)(C)C(N)=Nc1cc(F)cc(Cl)c1. The van der Waals surface area contributed by atoms with Crippen LogP contribution in [0.4, 0.5) is 10.1 Å². The molecule has 0 amide bonds. The highest BCUT2D eigenvalue weighted by atomic mass is 35.5. The zero-order valence-electron chi connectivity index (χ0n) is 9.01. The Balaban J connectivity index is 3.08. The van der Waals surface area contributed by atoms with E-state index < -0.39 is 5.82 Å². The summed E-state index contributed by atoms with van der Waals surface area (Å²) in [5, 5.41) is 0.315. The van der Waals surface area contributed by atoms with Crippen LogP contribution in [0, 0.1) is 11.2 Å². The largest absolute Gasteiger partial charge is 0.387 e. The molecule has 0 saturated heterocycles. The predicted molar refractivity (Wildman–Crippen MR) is 62.1 cm³/mol. The van der Waals surface area contributed by atoms with E-state index in [2.05, 4.69) is 4.99 Å². The normalized spacial score (nSPS) is 13.0. The molecule has 82 valence electrons. The van der Waals surface area contributed by atoms with Gasteiger partial charge in [0.25, 0.3) is 0 Å². The van der Waals surface area contributed by atoms with Crippen LogP contribution in [-0.4, -0.2) is 5.84 Å². The van der Waals surface area contributed by atoms with Crippen molar-refractivity contribution < 1.29 is 4.39 Å². The molecule has 1 aromatic rings. The van der Waals surface area contributed by atoms with Gasteiger partial charge >= 0.3 is 0 Å². The summed E-state index contributed by atoms with van der Waals surface area (Å²) in [7, 11) is 0. The monoisotopic (exact) mass is 228 g/mol. The highest BCUT2D eigenvalue weighted by Gasteiger charge is 2.15. The van der Waals surface area contributed by atoms with Gasteiger partial charge in [-0.15, -0.1) is 0 Å². The van der Waals surface area contributed by atoms with E-state index in [4.69, 9.17) is 17.3 Å². The van der Waals surface area contributed by atoms with Crippen LogP contribution >= 0.6 is 11.6 Å². The van der Waals surface area contributed by atoms with Gasteiger partial charge in [-0.1, -0.05) is 32.4 Å². The number of nitrogens with zero attached hydrogens (tertiary/aromatic N) is 1. The lowest BCUT2D eigenvalue weighted by Gasteiger charge is -2.17. The Morgan fingerprint density at radius 2 is 1.93 bits per heavy atom. The standard InChI is InChI=1S/C11H14ClFN2/c1-11(2,3)10(14)15-9-5-7(12)4-8(13)6-9/h4-6H,1-3H3,(H2,14,15). The van der Waals surface area contributed by atoms with E-state index in [9.17, 15) is 4.39 Å². The van der Waals surface area contributed by atoms with Gasteiger partial charge in [-0.2, -0.15) is 0 Å². The quantitative estimate of drug-likeness (QED) is 0.580. The third kappa shape index (κ3) is 3.51. The third-order valence-electron chi connectivity index (χ3n) is 1.87. The van der Waals surface area contributed by atoms with Crippen LogP contribution in [0.25, 0.3) is 0 Å². The molecule has 2 N–H and O–H groups in total. The number of nitrogens with two attached hydrogens (primary N) is 1. The van der Waals surface area contributed by atoms with Crippen molar-refractivity contribution in [3.63, 3.8) is 0 Å². The number of aliphatic imine (C=N–C) groups is 1. The van der Waals surface area contributed by atoms with Crippen molar-refractivity contribution in [1.29, 1.82) is 0 Å². The minimum absolute atomic E-state index is 0.237. The maximum absolute atomic E-state index is 13.0. The average molecular weight is 229 g/mol. The molecule has 1 rings (SSSR count). The van der Waals surface area contributed by atoms with E-state index in [-0.39, 0.29) is 5.41 Å². The fourth-order valence-corrected chi connectivity index (χ4v) is 1.13. The molecule has 2 nitrogen and oxygen atoms in total. The van der Waals surface area contributed by atoms with Crippen molar-refractivity contribution in [2.45, 2.75) is 20.8 Å². The average Bonchev–Trinajstić information content (AvgIpc) is 1.99. The molecule has 0 bridgehead atoms. The molecule has 0 aliphatic rings. The van der Waals surface area contributed by atoms with Crippen molar-refractivity contribution in [1.82, 2.24) is 0 Å². The lowest BCUT2D eigenvalue weighted by molar-refractivity contribution is 0.585. The van der Waals surface area contributed by atoms with Gasteiger partial charge in [0.05, 0.1) is 5.69 Å². The van der Waals surface area contributed by atoms with Crippen LogP contribution < -0.4 is 5.73 Å². The van der Waals surface area contributed by atoms with Gasteiger partial charge in [-0.05, 0) is 18.2 Å². The van der Waals surface area contributed by atoms with E-state index in [1.54, 1.807) is 6.07 Å². The molecule has 0 aromatic heterocycles. The van der Waals surface area contributed by atoms with Crippen LogP contribution in [0.2, 0.25) is 5.02 Å². The molecule has 0 aliphatic heterocycles. The van der Waals surface area contributed by atoms with Crippen molar-refractivity contribution in [3.8, 4) is 0 Å². The van der Waals surface area contributed by atoms with E-state index in [0.29, 0.717) is 16.5 Å². The number of amidine groups is 1. The first-order valence-corrected chi connectivity index (χ1v) is 4.97. The minimum Gasteiger partial charge on any atom is -0.387 e. The molecule has 0 unspecified atom stereocenters. The van der Waals surface area contributed by atoms with Crippen molar-refractivity contribution in [2.75, 3.05) is 0 Å². The third-order valence-corrected chi connectivity index (χ3v) is 2.08. The van der Waals surface area contributed by atoms with Crippen LogP contribution in [-0.2, 0) is 0 Å². The number of halogens is 2. The van der Waals surface area contributed by atoms with Crippen LogP contribution in [0.15, 0.2) is 23.2 Å². The summed E-state index contributed by atoms with van der Waals surface area (Å²) < 4.78 is 13.0. The van der Waals surface area contributed by atoms with E-state index in [1.165, 1.54) is 12.1 Å². The molecule has 0 atom stereocenters. The molecule has 0 fully saturated rings. The van der Waals surface area contributed by atoms with Gasteiger partial charge in [0.1, 0.15) is 11.7 Å². The minimum atomic E-state index is -0.414. The van der Waals surface area contributed by atoms with E-state index in [0.717, 1.165) is 0 Å². The summed E-state index contributed by atoms with van der Waals surface area (Å²) in [5.41, 5.74) is 5.97. The van der Waals surface area contributed by atoms with Gasteiger partial charge in [0.2, 0.25) is 0 Å². The Hall–Kier alpha value is -1.09. The lowest BCUT2D eigenvalue weighted by atomic mass is 9.95. The van der Waals surface area contributed by atoms with Gasteiger partial charge < -0.3 is 5.73 Å². The van der Waals surface area contributed by atoms with E-state index >= 15 is 0 Å². The molecule has 0 aliphatic carbocycles. The Labute approximate surface area is 94.0 Å². The highest BCUT2D eigenvalue weighted by molar-refractivity contribution is 6.30. The fraction of sp³-hybridized carbons (Fsp3) is 0.364. The molecule has 15 heavy (non-hydrogen) atoms. The zero-order chi connectivity index (χ0) is 11.6. The van der Waals surface area contributed by atoms with Gasteiger partial charge in [-0.3, -0.25) is 0 Å². The molecular formula is C11H14ClFN2. The van der Waals surface area contributed by atoms with Gasteiger partial charge in [-0.25, -0.2) is 9.38 Å². The topological polar surface area (TPSA) is 38.4 Å². The van der Waals surface area contributed by atoms with E-state index in [1.807, 2.05) is 20.8 Å². The summed E-state index contributed by atoms with van der Waals surface area (Å²) in [6, 6.07) is 4.10. The summed E-state index contributed by atoms with van der Waals surface area (Å²) >= 11 is 5.70. The summed E-state index contributed by atoms with van der Waals surface area (Å²) in [5.74, 6) is 0.0344. The van der Waals surface area contributed by atoms with Crippen LogP contribution in [0.3, 0.4) is 0 Å². The predicted octanol–water partition coefficient (Wildman–Crippen LogP) is 3.51. The van der Waals surface area contributed by atoms with Crippen LogP contribution in [0.5, 0.6) is 0 Å². The molecular weight excluding hydrogens is 215 g/mol. The number of hydrogen-bond acceptors (Lipinski definition) is 1. The highest BCUT2D eigenvalue weighted by Crippen LogP contribution is 2.23. The second kappa shape index (κ2) is 4.19. The summed E-state index contributed by atoms with van der Waals surface area (Å²) in [4.78, 5) is 4.12. The fourth-order valence-electron chi connectivity index (χ4n) is 0.911. The molecule has 0 spiro atoms. The Morgan fingerprint density at radius 3 is 2.40 bits per heavy atom. The van der Waals surface area contributed by atoms with Crippen molar-refractivity contribution in [2.24, 2.45) is 16.1 Å². The zero-order valence-corrected chi connectivity index (χ0v) is 9.77. The molecule has 4 heteroatoms. The van der Waals surface area contributed by atoms with Gasteiger partial charge in [0.15, 0.2) is 0 Å². The Bertz CT molecular complexity index is 374. The lowest BCUT2D eigenvalue weighted by Crippen LogP contribution is -2.28. The number of rotatable bonds is 1. The Kier molecular flexibility index (Phi) is 3.35. The smallest absolute Gasteiger partial charge is 0.126 e. The molecule has 0 saturated carbocycles. The summed E-state index contributed by atoms with van der Waals surface area (Å²) in [6.45, 7) is 5.81. The first-order valence-electron chi connectivity index (χ1n) is 4.60. The van der Waals surface area contributed by atoms with Crippen molar-refractivity contribution >= 4 is 23.1 Å². The number of hydrogen-bond donors (Lipinski definition) is 1. The second-order valence-corrected chi connectivity index (χ2v) is 4.81. The maximum atomic E-state index is 13.0. The number of benzene rings is 1. The maximum Gasteiger partial charge on any atom is 0.126 e. The summed E-state index contributed by atoms with van der Waals surface area (Å²) in [6.07, 6.45) is 0.